The smallest absolute Gasteiger partial charge is 0.325 e. The molecule has 2 unspecified atom stereocenters. The molecule has 162 valence electrons. The van der Waals surface area contributed by atoms with E-state index >= 15 is 0 Å². The predicted octanol–water partition coefficient (Wildman–Crippen LogP) is 3.89. The third-order valence-electron chi connectivity index (χ3n) is 5.39. The maximum atomic E-state index is 13.0. The van der Waals surface area contributed by atoms with Crippen LogP contribution in [-0.2, 0) is 21.2 Å². The van der Waals surface area contributed by atoms with Crippen LogP contribution in [0.2, 0.25) is 5.02 Å². The maximum absolute atomic E-state index is 13.0. The van der Waals surface area contributed by atoms with Crippen molar-refractivity contribution < 1.29 is 23.4 Å². The monoisotopic (exact) mass is 477 g/mol. The van der Waals surface area contributed by atoms with Crippen LogP contribution >= 0.6 is 22.9 Å². The molecule has 1 aliphatic rings. The number of aliphatic hydroxyl groups is 1. The summed E-state index contributed by atoms with van der Waals surface area (Å²) in [6.07, 6.45) is 0.620. The second-order valence-corrected chi connectivity index (χ2v) is 10.9. The lowest BCUT2D eigenvalue weighted by Gasteiger charge is -2.15. The van der Waals surface area contributed by atoms with E-state index in [-0.39, 0.29) is 17.2 Å². The number of carbonyl (C=O) groups is 1. The second kappa shape index (κ2) is 8.37. The Bertz CT molecular complexity index is 1220. The van der Waals surface area contributed by atoms with Gasteiger partial charge in [-0.1, -0.05) is 48.0 Å². The van der Waals surface area contributed by atoms with E-state index in [1.54, 1.807) is 42.5 Å². The predicted molar refractivity (Wildman–Crippen MR) is 120 cm³/mol. The van der Waals surface area contributed by atoms with Crippen molar-refractivity contribution in [3.8, 4) is 10.4 Å². The van der Waals surface area contributed by atoms with Gasteiger partial charge in [0.25, 0.3) is 10.0 Å². The van der Waals surface area contributed by atoms with Crippen LogP contribution in [0.3, 0.4) is 0 Å². The summed E-state index contributed by atoms with van der Waals surface area (Å²) < 4.78 is 28.5. The summed E-state index contributed by atoms with van der Waals surface area (Å²) in [6, 6.07) is 17.5. The van der Waals surface area contributed by atoms with Crippen LogP contribution in [0, 0.1) is 0 Å². The summed E-state index contributed by atoms with van der Waals surface area (Å²) >= 11 is 6.98. The zero-order chi connectivity index (χ0) is 22.2. The molecule has 0 spiro atoms. The highest BCUT2D eigenvalue weighted by Gasteiger charge is 2.63. The summed E-state index contributed by atoms with van der Waals surface area (Å²) in [5.41, 5.74) is 0.860. The minimum atomic E-state index is -4.04. The van der Waals surface area contributed by atoms with Gasteiger partial charge in [0, 0.05) is 22.4 Å². The molecule has 0 radical (unpaired) electrons. The quantitative estimate of drug-likeness (QED) is 0.456. The zero-order valence-corrected chi connectivity index (χ0v) is 18.7. The highest BCUT2D eigenvalue weighted by atomic mass is 35.5. The number of halogens is 1. The number of carboxylic acids is 1. The molecule has 0 bridgehead atoms. The molecule has 2 atom stereocenters. The SMILES string of the molecule is O=C(O)C1(NS(=O)(=O)c2ccc(-c3ccc(Cl)cc3)s2)CC1c1cccc(CCO)c1. The molecule has 1 aromatic heterocycles. The molecule has 1 fully saturated rings. The fourth-order valence-electron chi connectivity index (χ4n) is 3.68. The van der Waals surface area contributed by atoms with Crippen molar-refractivity contribution in [1.29, 1.82) is 0 Å². The zero-order valence-electron chi connectivity index (χ0n) is 16.3. The van der Waals surface area contributed by atoms with Crippen molar-refractivity contribution >= 4 is 38.9 Å². The minimum absolute atomic E-state index is 0.0147. The highest BCUT2D eigenvalue weighted by Crippen LogP contribution is 2.52. The standard InChI is InChI=1S/C22H20ClNO5S2/c23-17-6-4-15(5-7-17)19-8-9-20(30-19)31(28,29)24-22(21(26)27)13-18(22)16-3-1-2-14(12-16)10-11-25/h1-9,12,18,24-25H,10-11,13H2,(H,26,27). The van der Waals surface area contributed by atoms with Gasteiger partial charge in [0.05, 0.1) is 0 Å². The van der Waals surface area contributed by atoms with Gasteiger partial charge in [0.2, 0.25) is 0 Å². The summed E-state index contributed by atoms with van der Waals surface area (Å²) in [6.45, 7) is -0.0147. The molecule has 0 aliphatic heterocycles. The van der Waals surface area contributed by atoms with E-state index in [1.807, 2.05) is 12.1 Å². The van der Waals surface area contributed by atoms with E-state index in [1.165, 1.54) is 6.07 Å². The Morgan fingerprint density at radius 3 is 2.58 bits per heavy atom. The number of hydrogen-bond acceptors (Lipinski definition) is 5. The van der Waals surface area contributed by atoms with Gasteiger partial charge in [-0.15, -0.1) is 11.3 Å². The lowest BCUT2D eigenvalue weighted by atomic mass is 10.0. The molecule has 1 saturated carbocycles. The second-order valence-electron chi connectivity index (χ2n) is 7.48. The maximum Gasteiger partial charge on any atom is 0.325 e. The lowest BCUT2D eigenvalue weighted by molar-refractivity contribution is -0.140. The molecular weight excluding hydrogens is 458 g/mol. The van der Waals surface area contributed by atoms with Crippen LogP contribution in [0.5, 0.6) is 0 Å². The summed E-state index contributed by atoms with van der Waals surface area (Å²) in [4.78, 5) is 12.8. The summed E-state index contributed by atoms with van der Waals surface area (Å²) in [5, 5.41) is 19.6. The van der Waals surface area contributed by atoms with E-state index in [0.29, 0.717) is 11.4 Å². The fourth-order valence-corrected chi connectivity index (χ4v) is 6.52. The Hall–Kier alpha value is -2.23. The summed E-state index contributed by atoms with van der Waals surface area (Å²) in [5.74, 6) is -1.68. The number of hydrogen-bond donors (Lipinski definition) is 3. The van der Waals surface area contributed by atoms with Crippen molar-refractivity contribution in [3.05, 3.63) is 76.8 Å². The number of thiophene rings is 1. The number of nitrogens with one attached hydrogen (secondary N) is 1. The van der Waals surface area contributed by atoms with Crippen molar-refractivity contribution in [3.63, 3.8) is 0 Å². The summed E-state index contributed by atoms with van der Waals surface area (Å²) in [7, 11) is -4.04. The number of benzene rings is 2. The van der Waals surface area contributed by atoms with Crippen LogP contribution in [-0.4, -0.2) is 36.7 Å². The van der Waals surface area contributed by atoms with Gasteiger partial charge in [-0.3, -0.25) is 4.79 Å². The van der Waals surface area contributed by atoms with Crippen LogP contribution in [0.1, 0.15) is 23.5 Å². The number of sulfonamides is 1. The minimum Gasteiger partial charge on any atom is -0.480 e. The molecule has 4 rings (SSSR count). The number of aliphatic hydroxyl groups excluding tert-OH is 1. The molecule has 1 heterocycles. The topological polar surface area (TPSA) is 104 Å². The molecule has 9 heteroatoms. The first-order valence-electron chi connectivity index (χ1n) is 9.58. The molecule has 3 aromatic rings. The van der Waals surface area contributed by atoms with Gasteiger partial charge in [-0.2, -0.15) is 4.72 Å². The molecule has 0 amide bonds. The first-order chi connectivity index (χ1) is 14.7. The van der Waals surface area contributed by atoms with Gasteiger partial charge in [0.15, 0.2) is 0 Å². The average molecular weight is 478 g/mol. The van der Waals surface area contributed by atoms with Gasteiger partial charge >= 0.3 is 5.97 Å². The lowest BCUT2D eigenvalue weighted by Crippen LogP contribution is -2.44. The van der Waals surface area contributed by atoms with E-state index in [0.717, 1.165) is 32.9 Å². The van der Waals surface area contributed by atoms with Gasteiger partial charge < -0.3 is 10.2 Å². The Kier molecular flexibility index (Phi) is 5.93. The van der Waals surface area contributed by atoms with E-state index < -0.39 is 27.4 Å². The van der Waals surface area contributed by atoms with Crippen molar-refractivity contribution in [2.24, 2.45) is 0 Å². The third-order valence-corrected chi connectivity index (χ3v) is 8.78. The van der Waals surface area contributed by atoms with Crippen molar-refractivity contribution in [2.75, 3.05) is 6.61 Å². The normalized spacial score (nSPS) is 20.5. The van der Waals surface area contributed by atoms with Gasteiger partial charge in [-0.25, -0.2) is 8.42 Å². The molecule has 0 saturated heterocycles. The molecule has 6 nitrogen and oxygen atoms in total. The largest absolute Gasteiger partial charge is 0.480 e. The Labute approximate surface area is 189 Å². The van der Waals surface area contributed by atoms with Crippen molar-refractivity contribution in [2.45, 2.75) is 28.5 Å². The molecule has 2 aromatic carbocycles. The van der Waals surface area contributed by atoms with Gasteiger partial charge in [-0.05, 0) is 53.8 Å². The molecular formula is C22H20ClNO5S2. The highest BCUT2D eigenvalue weighted by molar-refractivity contribution is 7.91. The third kappa shape index (κ3) is 4.40. The molecule has 1 aliphatic carbocycles. The molecule has 3 N–H and O–H groups in total. The van der Waals surface area contributed by atoms with Crippen LogP contribution < -0.4 is 4.72 Å². The van der Waals surface area contributed by atoms with E-state index in [4.69, 9.17) is 16.7 Å². The average Bonchev–Trinajstić information content (AvgIpc) is 3.22. The molecule has 31 heavy (non-hydrogen) atoms. The van der Waals surface area contributed by atoms with E-state index in [2.05, 4.69) is 4.72 Å². The Morgan fingerprint density at radius 1 is 1.16 bits per heavy atom. The van der Waals surface area contributed by atoms with Crippen molar-refractivity contribution in [1.82, 2.24) is 4.72 Å². The fraction of sp³-hybridized carbons (Fsp3) is 0.227. The van der Waals surface area contributed by atoms with E-state index in [9.17, 15) is 18.3 Å². The number of carboxylic acid groups (broad SMARTS) is 1. The van der Waals surface area contributed by atoms with Crippen LogP contribution in [0.4, 0.5) is 0 Å². The Balaban J connectivity index is 1.58. The van der Waals surface area contributed by atoms with Crippen LogP contribution in [0.15, 0.2) is 64.9 Å². The number of rotatable bonds is 8. The Morgan fingerprint density at radius 2 is 1.90 bits per heavy atom. The number of aliphatic carboxylic acids is 1. The first kappa shape index (κ1) is 22.0. The van der Waals surface area contributed by atoms with Crippen LogP contribution in [0.25, 0.3) is 10.4 Å². The van der Waals surface area contributed by atoms with Gasteiger partial charge in [0.1, 0.15) is 9.75 Å². The first-order valence-corrected chi connectivity index (χ1v) is 12.3.